The van der Waals surface area contributed by atoms with Crippen molar-refractivity contribution in [2.24, 2.45) is 0 Å². The van der Waals surface area contributed by atoms with Crippen molar-refractivity contribution in [3.8, 4) is 0 Å². The van der Waals surface area contributed by atoms with E-state index in [-0.39, 0.29) is 4.77 Å². The number of ether oxygens (including phenoxy) is 1. The molecule has 3 unspecified atom stereocenters. The van der Waals surface area contributed by atoms with Crippen molar-refractivity contribution in [3.05, 3.63) is 21.7 Å². The maximum atomic E-state index is 11.8. The van der Waals surface area contributed by atoms with Gasteiger partial charge in [-0.15, -0.1) is 0 Å². The largest absolute Gasteiger partial charge is 0.490 e. The summed E-state index contributed by atoms with van der Waals surface area (Å²) in [6, 6.07) is 1.43. The number of hydrogen-bond acceptors (Lipinski definition) is 11. The van der Waals surface area contributed by atoms with Gasteiger partial charge in [0.1, 0.15) is 22.4 Å². The normalized spacial score (nSPS) is 31.2. The van der Waals surface area contributed by atoms with E-state index in [9.17, 15) is 28.8 Å². The Morgan fingerprint density at radius 1 is 1.20 bits per heavy atom. The first-order valence-electron chi connectivity index (χ1n) is 7.59. The molecule has 0 bridgehead atoms. The molecule has 0 aliphatic carbocycles. The van der Waals surface area contributed by atoms with Crippen LogP contribution in [0.15, 0.2) is 12.3 Å². The molecule has 0 aromatic carbocycles. The fourth-order valence-corrected chi connectivity index (χ4v) is 5.98. The Morgan fingerprint density at radius 2 is 1.80 bits per heavy atom. The number of phosphoric ester groups is 1. The Labute approximate surface area is 178 Å². The summed E-state index contributed by atoms with van der Waals surface area (Å²) >= 11 is 9.99. The van der Waals surface area contributed by atoms with Gasteiger partial charge in [0, 0.05) is 6.20 Å². The zero-order valence-electron chi connectivity index (χ0n) is 14.7. The summed E-state index contributed by atoms with van der Waals surface area (Å²) < 4.78 is 52.3. The van der Waals surface area contributed by atoms with Crippen molar-refractivity contribution in [3.63, 3.8) is 0 Å². The number of aromatic nitrogens is 2. The lowest BCUT2D eigenvalue weighted by Gasteiger charge is -2.28. The van der Waals surface area contributed by atoms with E-state index in [1.807, 2.05) is 0 Å². The number of nitrogens with one attached hydrogen (secondary N) is 1. The Bertz CT molecular complexity index is 1050. The van der Waals surface area contributed by atoms with Crippen LogP contribution in [-0.2, 0) is 31.6 Å². The summed E-state index contributed by atoms with van der Waals surface area (Å²) in [5.41, 5.74) is -1.97. The predicted octanol–water partition coefficient (Wildman–Crippen LogP) is 0.628. The van der Waals surface area contributed by atoms with Gasteiger partial charge in [-0.3, -0.25) is 9.09 Å². The van der Waals surface area contributed by atoms with Crippen LogP contribution in [0.4, 0.5) is 0 Å². The molecule has 172 valence electrons. The van der Waals surface area contributed by atoms with E-state index in [4.69, 9.17) is 43.9 Å². The average Bonchev–Trinajstić information content (AvgIpc) is 2.73. The quantitative estimate of drug-likeness (QED) is 0.180. The number of aliphatic hydroxyl groups is 2. The van der Waals surface area contributed by atoms with Gasteiger partial charge in [-0.1, -0.05) is 12.2 Å². The zero-order chi connectivity index (χ0) is 23.1. The highest BCUT2D eigenvalue weighted by molar-refractivity contribution is 7.72. The highest BCUT2D eigenvalue weighted by atomic mass is 32.1. The first kappa shape index (κ1) is 26.1. The summed E-state index contributed by atoms with van der Waals surface area (Å²) in [5.74, 6) is 0. The lowest BCUT2D eigenvalue weighted by atomic mass is 9.96. The third-order valence-electron chi connectivity index (χ3n) is 3.68. The van der Waals surface area contributed by atoms with Crippen LogP contribution in [0.1, 0.15) is 13.2 Å². The zero-order valence-corrected chi connectivity index (χ0v) is 19.1. The van der Waals surface area contributed by atoms with Gasteiger partial charge in [-0.2, -0.15) is 8.62 Å². The minimum atomic E-state index is -5.69. The van der Waals surface area contributed by atoms with Gasteiger partial charge in [0.25, 0.3) is 0 Å². The molecule has 2 rings (SSSR count). The third kappa shape index (κ3) is 6.65. The molecular weight excluding hydrogens is 513 g/mol. The van der Waals surface area contributed by atoms with Crippen LogP contribution in [0.25, 0.3) is 0 Å². The van der Waals surface area contributed by atoms with Crippen molar-refractivity contribution < 1.29 is 61.4 Å². The van der Waals surface area contributed by atoms with E-state index in [0.29, 0.717) is 4.64 Å². The Hall–Kier alpha value is -0.190. The Morgan fingerprint density at radius 3 is 2.33 bits per heavy atom. The monoisotopic (exact) mass is 530 g/mol. The number of aromatic amines is 1. The minimum absolute atomic E-state index is 0.0357. The van der Waals surface area contributed by atoms with Gasteiger partial charge in [0.15, 0.2) is 11.0 Å². The third-order valence-corrected chi connectivity index (χ3v) is 8.03. The van der Waals surface area contributed by atoms with Gasteiger partial charge in [0.2, 0.25) is 0 Å². The second-order valence-electron chi connectivity index (χ2n) is 6.10. The molecule has 7 N–H and O–H groups in total. The average molecular weight is 530 g/mol. The SMILES string of the molecule is C[C@@]1(O)C(O)[C@@H](COP(=O)(O)OP(=O)(O)OP(=O)(O)O)O[C@H]1n1ccc(=S)[nH]c1=S. The first-order valence-corrected chi connectivity index (χ1v) is 12.9. The van der Waals surface area contributed by atoms with E-state index in [1.54, 1.807) is 0 Å². The Balaban J connectivity index is 2.13. The number of phosphoric acid groups is 3. The number of hydrogen-bond donors (Lipinski definition) is 7. The van der Waals surface area contributed by atoms with Crippen molar-refractivity contribution in [2.75, 3.05) is 6.61 Å². The molecule has 1 saturated heterocycles. The maximum absolute atomic E-state index is 11.8. The molecule has 2 heterocycles. The van der Waals surface area contributed by atoms with Crippen LogP contribution in [0.5, 0.6) is 0 Å². The van der Waals surface area contributed by atoms with E-state index < -0.39 is 54.1 Å². The second-order valence-corrected chi connectivity index (χ2v) is 11.3. The van der Waals surface area contributed by atoms with E-state index in [0.717, 1.165) is 0 Å². The predicted molar refractivity (Wildman–Crippen MR) is 101 cm³/mol. The smallest absolute Gasteiger partial charge is 0.387 e. The van der Waals surface area contributed by atoms with Crippen LogP contribution in [0.2, 0.25) is 0 Å². The van der Waals surface area contributed by atoms with Crippen LogP contribution in [0, 0.1) is 9.41 Å². The molecular formula is C10H17N2O13P3S2. The topological polar surface area (TPSA) is 230 Å². The molecule has 1 aromatic heterocycles. The van der Waals surface area contributed by atoms with Gasteiger partial charge in [-0.05, 0) is 25.2 Å². The highest BCUT2D eigenvalue weighted by Gasteiger charge is 2.54. The van der Waals surface area contributed by atoms with Crippen LogP contribution in [-0.4, -0.2) is 63.8 Å². The fraction of sp³-hybridized carbons (Fsp3) is 0.600. The standard InChI is InChI=1S/C10H17N2O13P3S2/c1-10(14)7(13)5(23-8(10)12-3-2-6(29)11-9(12)30)4-22-27(18,19)25-28(20,21)24-26(15,16)17/h2-3,5,7-8,13-14H,4H2,1H3,(H,18,19)(H,20,21)(H,11,29,30)(H2,15,16,17)/t5-,7?,8-,10-/m1/s1. The molecule has 1 aliphatic rings. The molecule has 0 saturated carbocycles. The van der Waals surface area contributed by atoms with Crippen molar-refractivity contribution in [1.82, 2.24) is 9.55 Å². The number of aliphatic hydroxyl groups excluding tert-OH is 1. The van der Waals surface area contributed by atoms with Gasteiger partial charge < -0.3 is 39.5 Å². The highest BCUT2D eigenvalue weighted by Crippen LogP contribution is 2.66. The first-order chi connectivity index (χ1) is 13.4. The molecule has 0 amide bonds. The van der Waals surface area contributed by atoms with Gasteiger partial charge >= 0.3 is 23.5 Å². The van der Waals surface area contributed by atoms with Crippen LogP contribution >= 0.6 is 47.9 Å². The molecule has 1 fully saturated rings. The van der Waals surface area contributed by atoms with E-state index in [1.165, 1.54) is 23.8 Å². The van der Waals surface area contributed by atoms with Crippen LogP contribution < -0.4 is 0 Å². The lowest BCUT2D eigenvalue weighted by Crippen LogP contribution is -2.44. The summed E-state index contributed by atoms with van der Waals surface area (Å²) in [4.78, 5) is 38.2. The van der Waals surface area contributed by atoms with Crippen molar-refractivity contribution in [2.45, 2.75) is 31.0 Å². The lowest BCUT2D eigenvalue weighted by molar-refractivity contribution is -0.0977. The Kier molecular flexibility index (Phi) is 7.80. The summed E-state index contributed by atoms with van der Waals surface area (Å²) in [5, 5.41) is 20.9. The number of rotatable bonds is 8. The van der Waals surface area contributed by atoms with Gasteiger partial charge in [-0.25, -0.2) is 13.7 Å². The van der Waals surface area contributed by atoms with Crippen molar-refractivity contribution in [1.29, 1.82) is 0 Å². The molecule has 15 nitrogen and oxygen atoms in total. The van der Waals surface area contributed by atoms with Crippen LogP contribution in [0.3, 0.4) is 0 Å². The van der Waals surface area contributed by atoms with Crippen molar-refractivity contribution >= 4 is 47.9 Å². The summed E-state index contributed by atoms with van der Waals surface area (Å²) in [6.07, 6.45) is -3.07. The fourth-order valence-electron chi connectivity index (χ4n) is 2.46. The second kappa shape index (κ2) is 8.98. The molecule has 1 aliphatic heterocycles. The van der Waals surface area contributed by atoms with E-state index >= 15 is 0 Å². The molecule has 6 atom stereocenters. The molecule has 0 spiro atoms. The number of H-pyrrole nitrogens is 1. The summed E-state index contributed by atoms with van der Waals surface area (Å²) in [7, 11) is -16.7. The molecule has 20 heteroatoms. The number of nitrogens with zero attached hydrogens (tertiary/aromatic N) is 1. The molecule has 1 aromatic rings. The van der Waals surface area contributed by atoms with E-state index in [2.05, 4.69) is 18.1 Å². The van der Waals surface area contributed by atoms with Gasteiger partial charge in [0.05, 0.1) is 6.61 Å². The molecule has 30 heavy (non-hydrogen) atoms. The molecule has 0 radical (unpaired) electrons. The summed E-state index contributed by atoms with van der Waals surface area (Å²) in [6.45, 7) is 0.240. The minimum Gasteiger partial charge on any atom is -0.387 e. The maximum Gasteiger partial charge on any atom is 0.490 e.